The molecule has 1 aromatic rings. The molecule has 66 valence electrons. The minimum absolute atomic E-state index is 0.0117. The van der Waals surface area contributed by atoms with Crippen molar-refractivity contribution in [2.24, 2.45) is 0 Å². The molecule has 0 amide bonds. The van der Waals surface area contributed by atoms with Crippen LogP contribution in [0, 0.1) is 11.3 Å². The molecule has 1 rings (SSSR count). The van der Waals surface area contributed by atoms with E-state index in [0.717, 1.165) is 6.07 Å². The van der Waals surface area contributed by atoms with Gasteiger partial charge in [0, 0.05) is 0 Å². The number of carboxylic acids is 1. The molecule has 0 atom stereocenters. The lowest BCUT2D eigenvalue weighted by molar-refractivity contribution is 0.0696. The molecule has 0 saturated carbocycles. The van der Waals surface area contributed by atoms with Gasteiger partial charge in [0.1, 0.15) is 11.8 Å². The Morgan fingerprint density at radius 2 is 2.15 bits per heavy atom. The molecule has 0 spiro atoms. The smallest absolute Gasteiger partial charge is 0.337 e. The molecule has 0 aliphatic carbocycles. The van der Waals surface area contributed by atoms with Gasteiger partial charge in [0.15, 0.2) is 0 Å². The Morgan fingerprint density at radius 1 is 1.54 bits per heavy atom. The Kier molecular flexibility index (Phi) is 2.44. The molecular formula is C8H5NO3S. The topological polar surface area (TPSA) is 81.3 Å². The van der Waals surface area contributed by atoms with Crippen LogP contribution in [0.1, 0.15) is 15.9 Å². The zero-order valence-corrected chi connectivity index (χ0v) is 7.25. The fourth-order valence-electron chi connectivity index (χ4n) is 0.872. The van der Waals surface area contributed by atoms with Crippen molar-refractivity contribution in [1.82, 2.24) is 0 Å². The first-order valence-electron chi connectivity index (χ1n) is 3.26. The summed E-state index contributed by atoms with van der Waals surface area (Å²) in [6.07, 6.45) is 0. The van der Waals surface area contributed by atoms with Gasteiger partial charge in [-0.15, -0.1) is 12.6 Å². The fraction of sp³-hybridized carbons (Fsp3) is 0. The maximum Gasteiger partial charge on any atom is 0.337 e. The summed E-state index contributed by atoms with van der Waals surface area (Å²) in [4.78, 5) is 10.6. The molecule has 13 heavy (non-hydrogen) atoms. The molecule has 0 aliphatic rings. The molecule has 0 aromatic heterocycles. The van der Waals surface area contributed by atoms with Crippen LogP contribution in [0.2, 0.25) is 0 Å². The van der Waals surface area contributed by atoms with E-state index < -0.39 is 5.97 Å². The summed E-state index contributed by atoms with van der Waals surface area (Å²) < 4.78 is 0. The lowest BCUT2D eigenvalue weighted by atomic mass is 10.1. The van der Waals surface area contributed by atoms with E-state index in [-0.39, 0.29) is 21.8 Å². The van der Waals surface area contributed by atoms with Crippen molar-refractivity contribution in [3.63, 3.8) is 0 Å². The molecule has 0 heterocycles. The summed E-state index contributed by atoms with van der Waals surface area (Å²) in [6.45, 7) is 0. The molecule has 5 heteroatoms. The summed E-state index contributed by atoms with van der Waals surface area (Å²) >= 11 is 3.82. The van der Waals surface area contributed by atoms with E-state index in [9.17, 15) is 4.79 Å². The van der Waals surface area contributed by atoms with E-state index >= 15 is 0 Å². The first-order valence-corrected chi connectivity index (χ1v) is 3.71. The predicted molar refractivity (Wildman–Crippen MR) is 47.0 cm³/mol. The number of thiol groups is 1. The number of rotatable bonds is 1. The standard InChI is InChI=1S/C8H5NO3S/c9-3-5-4(8(11)12)1-2-6(10)7(5)13/h1-2,10,13H,(H,11,12). The number of aromatic carboxylic acids is 1. The zero-order valence-electron chi connectivity index (χ0n) is 6.35. The highest BCUT2D eigenvalue weighted by Crippen LogP contribution is 2.27. The van der Waals surface area contributed by atoms with Crippen LogP contribution in [0.5, 0.6) is 5.75 Å². The van der Waals surface area contributed by atoms with E-state index in [1.807, 2.05) is 0 Å². The van der Waals surface area contributed by atoms with Crippen molar-refractivity contribution in [2.75, 3.05) is 0 Å². The van der Waals surface area contributed by atoms with Crippen molar-refractivity contribution in [2.45, 2.75) is 4.90 Å². The van der Waals surface area contributed by atoms with Crippen molar-refractivity contribution < 1.29 is 15.0 Å². The largest absolute Gasteiger partial charge is 0.507 e. The third kappa shape index (κ3) is 1.58. The number of benzene rings is 1. The van der Waals surface area contributed by atoms with Crippen LogP contribution in [0.25, 0.3) is 0 Å². The number of hydrogen-bond donors (Lipinski definition) is 3. The third-order valence-corrected chi connectivity index (χ3v) is 1.95. The van der Waals surface area contributed by atoms with Gasteiger partial charge in [-0.05, 0) is 12.1 Å². The van der Waals surface area contributed by atoms with Crippen molar-refractivity contribution in [3.05, 3.63) is 23.3 Å². The molecule has 0 radical (unpaired) electrons. The van der Waals surface area contributed by atoms with Crippen LogP contribution in [0.3, 0.4) is 0 Å². The SMILES string of the molecule is N#Cc1c(C(=O)O)ccc(O)c1S. The van der Waals surface area contributed by atoms with Gasteiger partial charge in [-0.25, -0.2) is 4.79 Å². The molecule has 1 aromatic carbocycles. The number of nitrogens with zero attached hydrogens (tertiary/aromatic N) is 1. The van der Waals surface area contributed by atoms with Crippen molar-refractivity contribution >= 4 is 18.6 Å². The lowest BCUT2D eigenvalue weighted by Gasteiger charge is -2.02. The molecule has 0 aliphatic heterocycles. The second-order valence-electron chi connectivity index (χ2n) is 2.27. The normalized spacial score (nSPS) is 9.23. The van der Waals surface area contributed by atoms with Gasteiger partial charge in [-0.3, -0.25) is 0 Å². The van der Waals surface area contributed by atoms with E-state index in [2.05, 4.69) is 12.6 Å². The maximum absolute atomic E-state index is 10.6. The minimum atomic E-state index is -1.22. The molecular weight excluding hydrogens is 190 g/mol. The first kappa shape index (κ1) is 9.42. The molecule has 2 N–H and O–H groups in total. The lowest BCUT2D eigenvalue weighted by Crippen LogP contribution is -2.00. The van der Waals surface area contributed by atoms with Crippen LogP contribution in [-0.2, 0) is 0 Å². The Balaban J connectivity index is 3.50. The Morgan fingerprint density at radius 3 is 2.62 bits per heavy atom. The Labute approximate surface area is 79.5 Å². The molecule has 0 unspecified atom stereocenters. The van der Waals surface area contributed by atoms with E-state index in [1.165, 1.54) is 6.07 Å². The first-order chi connectivity index (χ1) is 6.07. The maximum atomic E-state index is 10.6. The average Bonchev–Trinajstić information content (AvgIpc) is 2.09. The van der Waals surface area contributed by atoms with E-state index in [4.69, 9.17) is 15.5 Å². The van der Waals surface area contributed by atoms with E-state index in [1.54, 1.807) is 6.07 Å². The Bertz CT molecular complexity index is 409. The third-order valence-electron chi connectivity index (χ3n) is 1.50. The van der Waals surface area contributed by atoms with Gasteiger partial charge in [0.2, 0.25) is 0 Å². The predicted octanol–water partition coefficient (Wildman–Crippen LogP) is 1.25. The summed E-state index contributed by atoms with van der Waals surface area (Å²) in [6, 6.07) is 4.02. The van der Waals surface area contributed by atoms with Gasteiger partial charge in [-0.2, -0.15) is 5.26 Å². The fourth-order valence-corrected chi connectivity index (χ4v) is 1.12. The highest BCUT2D eigenvalue weighted by atomic mass is 32.1. The summed E-state index contributed by atoms with van der Waals surface area (Å²) in [7, 11) is 0. The van der Waals surface area contributed by atoms with Crippen molar-refractivity contribution in [1.29, 1.82) is 5.26 Å². The monoisotopic (exact) mass is 195 g/mol. The summed E-state index contributed by atoms with van der Waals surface area (Å²) in [5.74, 6) is -1.42. The summed E-state index contributed by atoms with van der Waals surface area (Å²) in [5, 5.41) is 26.4. The number of hydrogen-bond acceptors (Lipinski definition) is 4. The number of aromatic hydroxyl groups is 1. The second kappa shape index (κ2) is 3.37. The summed E-state index contributed by atoms with van der Waals surface area (Å²) in [5.41, 5.74) is -0.291. The second-order valence-corrected chi connectivity index (χ2v) is 2.72. The van der Waals surface area contributed by atoms with Crippen LogP contribution in [0.4, 0.5) is 0 Å². The van der Waals surface area contributed by atoms with Gasteiger partial charge >= 0.3 is 5.97 Å². The highest BCUT2D eigenvalue weighted by Gasteiger charge is 2.14. The minimum Gasteiger partial charge on any atom is -0.507 e. The van der Waals surface area contributed by atoms with Gasteiger partial charge in [0.05, 0.1) is 16.0 Å². The molecule has 4 nitrogen and oxygen atoms in total. The number of carbonyl (C=O) groups is 1. The quantitative estimate of drug-likeness (QED) is 0.589. The Hall–Kier alpha value is -1.67. The van der Waals surface area contributed by atoms with Crippen LogP contribution < -0.4 is 0 Å². The molecule has 0 bridgehead atoms. The van der Waals surface area contributed by atoms with Gasteiger partial charge in [-0.1, -0.05) is 0 Å². The van der Waals surface area contributed by atoms with Crippen LogP contribution in [-0.4, -0.2) is 16.2 Å². The molecule has 0 saturated heterocycles. The van der Waals surface area contributed by atoms with Crippen LogP contribution in [0.15, 0.2) is 17.0 Å². The van der Waals surface area contributed by atoms with Crippen molar-refractivity contribution in [3.8, 4) is 11.8 Å². The average molecular weight is 195 g/mol. The molecule has 0 fully saturated rings. The van der Waals surface area contributed by atoms with Gasteiger partial charge in [0.25, 0.3) is 0 Å². The van der Waals surface area contributed by atoms with Gasteiger partial charge < -0.3 is 10.2 Å². The number of nitriles is 1. The van der Waals surface area contributed by atoms with E-state index in [0.29, 0.717) is 0 Å². The number of carboxylic acid groups (broad SMARTS) is 1. The highest BCUT2D eigenvalue weighted by molar-refractivity contribution is 7.80. The zero-order chi connectivity index (χ0) is 10.0. The van der Waals surface area contributed by atoms with Crippen LogP contribution >= 0.6 is 12.6 Å². The number of phenolic OH excluding ortho intramolecular Hbond substituents is 1. The number of phenols is 1.